The van der Waals surface area contributed by atoms with Gasteiger partial charge in [0.05, 0.1) is 5.69 Å². The summed E-state index contributed by atoms with van der Waals surface area (Å²) in [5, 5.41) is 0. The lowest BCUT2D eigenvalue weighted by atomic mass is 10.2. The molecule has 0 amide bonds. The van der Waals surface area contributed by atoms with E-state index in [2.05, 4.69) is 23.0 Å². The Morgan fingerprint density at radius 1 is 1.36 bits per heavy atom. The van der Waals surface area contributed by atoms with E-state index < -0.39 is 0 Å². The van der Waals surface area contributed by atoms with Crippen molar-refractivity contribution in [1.82, 2.24) is 0 Å². The first-order valence-corrected chi connectivity index (χ1v) is 4.66. The van der Waals surface area contributed by atoms with Gasteiger partial charge in [0.25, 0.3) is 0 Å². The highest BCUT2D eigenvalue weighted by molar-refractivity contribution is 5.83. The molecule has 14 heavy (non-hydrogen) atoms. The Bertz CT molecular complexity index is 391. The molecule has 1 unspecified atom stereocenters. The summed E-state index contributed by atoms with van der Waals surface area (Å²) in [6, 6.07) is 8.19. The van der Waals surface area contributed by atoms with Gasteiger partial charge in [-0.15, -0.1) is 0 Å². The number of aryl methyl sites for hydroxylation is 1. The average molecular weight is 184 g/mol. The van der Waals surface area contributed by atoms with Crippen LogP contribution in [0.15, 0.2) is 46.4 Å². The van der Waals surface area contributed by atoms with Crippen LogP contribution < -0.4 is 0 Å². The van der Waals surface area contributed by atoms with Gasteiger partial charge in [-0.3, -0.25) is 9.98 Å². The lowest BCUT2D eigenvalue weighted by molar-refractivity contribution is 1.13. The van der Waals surface area contributed by atoms with Crippen molar-refractivity contribution in [3.05, 3.63) is 42.0 Å². The zero-order valence-corrected chi connectivity index (χ0v) is 8.09. The molecule has 0 fully saturated rings. The van der Waals surface area contributed by atoms with Crippen molar-refractivity contribution in [2.75, 3.05) is 0 Å². The molecule has 2 rings (SSSR count). The van der Waals surface area contributed by atoms with Crippen LogP contribution in [0.1, 0.15) is 5.56 Å². The van der Waals surface area contributed by atoms with Crippen molar-refractivity contribution >= 4 is 18.1 Å². The van der Waals surface area contributed by atoms with Crippen molar-refractivity contribution in [3.8, 4) is 0 Å². The first kappa shape index (κ1) is 8.88. The van der Waals surface area contributed by atoms with Crippen LogP contribution in [0.2, 0.25) is 0 Å². The largest absolute Gasteiger partial charge is 0.280 e. The molecule has 1 heterocycles. The smallest absolute Gasteiger partial charge is 0.103 e. The minimum absolute atomic E-state index is 0.120. The molecule has 0 saturated carbocycles. The van der Waals surface area contributed by atoms with Crippen LogP contribution in [0.3, 0.4) is 0 Å². The Morgan fingerprint density at radius 2 is 2.21 bits per heavy atom. The molecule has 2 heteroatoms. The molecular weight excluding hydrogens is 172 g/mol. The maximum absolute atomic E-state index is 4.40. The van der Waals surface area contributed by atoms with Crippen molar-refractivity contribution in [3.63, 3.8) is 0 Å². The summed E-state index contributed by atoms with van der Waals surface area (Å²) in [6.07, 6.45) is 7.62. The van der Waals surface area contributed by atoms with E-state index in [4.69, 9.17) is 0 Å². The van der Waals surface area contributed by atoms with Gasteiger partial charge in [-0.1, -0.05) is 24.3 Å². The predicted octanol–water partition coefficient (Wildman–Crippen LogP) is 2.71. The van der Waals surface area contributed by atoms with Gasteiger partial charge in [-0.2, -0.15) is 0 Å². The van der Waals surface area contributed by atoms with Gasteiger partial charge >= 0.3 is 0 Å². The summed E-state index contributed by atoms with van der Waals surface area (Å²) < 4.78 is 0. The third-order valence-corrected chi connectivity index (χ3v) is 2.13. The number of para-hydroxylation sites is 1. The SMILES string of the molecule is Cc1ccccc1N=CC1C=CC=N1. The molecule has 0 bridgehead atoms. The fraction of sp³-hybridized carbons (Fsp3) is 0.167. The fourth-order valence-corrected chi connectivity index (χ4v) is 1.32. The quantitative estimate of drug-likeness (QED) is 0.631. The monoisotopic (exact) mass is 184 g/mol. The molecule has 0 aliphatic carbocycles. The van der Waals surface area contributed by atoms with E-state index in [1.807, 2.05) is 36.6 Å². The molecule has 0 aromatic heterocycles. The summed E-state index contributed by atoms with van der Waals surface area (Å²) in [5.41, 5.74) is 2.21. The van der Waals surface area contributed by atoms with E-state index in [9.17, 15) is 0 Å². The maximum Gasteiger partial charge on any atom is 0.103 e. The molecule has 70 valence electrons. The highest BCUT2D eigenvalue weighted by atomic mass is 14.8. The van der Waals surface area contributed by atoms with Crippen LogP contribution in [-0.2, 0) is 0 Å². The second-order valence-corrected chi connectivity index (χ2v) is 3.24. The molecular formula is C12H12N2. The Hall–Kier alpha value is -1.70. The third-order valence-electron chi connectivity index (χ3n) is 2.13. The zero-order valence-electron chi connectivity index (χ0n) is 8.09. The Morgan fingerprint density at radius 3 is 2.93 bits per heavy atom. The lowest BCUT2D eigenvalue weighted by Gasteiger charge is -1.99. The van der Waals surface area contributed by atoms with Gasteiger partial charge in [0, 0.05) is 12.4 Å². The van der Waals surface area contributed by atoms with Crippen LogP contribution in [-0.4, -0.2) is 18.5 Å². The number of allylic oxidation sites excluding steroid dienone is 1. The van der Waals surface area contributed by atoms with E-state index in [1.54, 1.807) is 6.21 Å². The lowest BCUT2D eigenvalue weighted by Crippen LogP contribution is -1.97. The van der Waals surface area contributed by atoms with Crippen LogP contribution in [0.25, 0.3) is 0 Å². The summed E-state index contributed by atoms with van der Waals surface area (Å²) in [7, 11) is 0. The van der Waals surface area contributed by atoms with E-state index in [-0.39, 0.29) is 6.04 Å². The standard InChI is InChI=1S/C12H12N2/c1-10-5-2-3-7-12(10)14-9-11-6-4-8-13-11/h2-9,11H,1H3. The van der Waals surface area contributed by atoms with Crippen molar-refractivity contribution in [2.45, 2.75) is 13.0 Å². The minimum Gasteiger partial charge on any atom is -0.280 e. The molecule has 1 aromatic rings. The summed E-state index contributed by atoms with van der Waals surface area (Å²) in [5.74, 6) is 0. The number of hydrogen-bond acceptors (Lipinski definition) is 2. The molecule has 1 aromatic carbocycles. The Balaban J connectivity index is 2.14. The molecule has 1 aliphatic rings. The normalized spacial score (nSPS) is 19.6. The van der Waals surface area contributed by atoms with Crippen molar-refractivity contribution in [1.29, 1.82) is 0 Å². The maximum atomic E-state index is 4.40. The molecule has 2 nitrogen and oxygen atoms in total. The highest BCUT2D eigenvalue weighted by Gasteiger charge is 2.00. The summed E-state index contributed by atoms with van der Waals surface area (Å²) in [6.45, 7) is 2.06. The summed E-state index contributed by atoms with van der Waals surface area (Å²) in [4.78, 5) is 8.59. The van der Waals surface area contributed by atoms with Gasteiger partial charge in [-0.05, 0) is 24.6 Å². The Kier molecular flexibility index (Phi) is 2.54. The van der Waals surface area contributed by atoms with Gasteiger partial charge in [0.15, 0.2) is 0 Å². The van der Waals surface area contributed by atoms with E-state index in [1.165, 1.54) is 5.56 Å². The minimum atomic E-state index is 0.120. The molecule has 0 radical (unpaired) electrons. The first-order chi connectivity index (χ1) is 6.86. The van der Waals surface area contributed by atoms with Crippen LogP contribution in [0.5, 0.6) is 0 Å². The topological polar surface area (TPSA) is 24.7 Å². The van der Waals surface area contributed by atoms with Crippen LogP contribution in [0, 0.1) is 6.92 Å². The predicted molar refractivity (Wildman–Crippen MR) is 60.8 cm³/mol. The van der Waals surface area contributed by atoms with Crippen LogP contribution in [0.4, 0.5) is 5.69 Å². The molecule has 0 spiro atoms. The Labute approximate surface area is 83.7 Å². The number of rotatable bonds is 2. The third kappa shape index (κ3) is 1.96. The fourth-order valence-electron chi connectivity index (χ4n) is 1.32. The zero-order chi connectivity index (χ0) is 9.80. The first-order valence-electron chi connectivity index (χ1n) is 4.66. The number of hydrogen-bond donors (Lipinski definition) is 0. The second-order valence-electron chi connectivity index (χ2n) is 3.24. The van der Waals surface area contributed by atoms with Gasteiger partial charge in [0.2, 0.25) is 0 Å². The molecule has 1 aliphatic heterocycles. The van der Waals surface area contributed by atoms with Crippen molar-refractivity contribution in [2.24, 2.45) is 9.98 Å². The van der Waals surface area contributed by atoms with Gasteiger partial charge in [-0.25, -0.2) is 0 Å². The van der Waals surface area contributed by atoms with Crippen molar-refractivity contribution < 1.29 is 0 Å². The van der Waals surface area contributed by atoms with Gasteiger partial charge < -0.3 is 0 Å². The molecule has 0 N–H and O–H groups in total. The van der Waals surface area contributed by atoms with E-state index in [0.717, 1.165) is 5.69 Å². The van der Waals surface area contributed by atoms with E-state index >= 15 is 0 Å². The molecule has 0 saturated heterocycles. The van der Waals surface area contributed by atoms with Crippen LogP contribution >= 0.6 is 0 Å². The summed E-state index contributed by atoms with van der Waals surface area (Å²) >= 11 is 0. The number of benzene rings is 1. The average Bonchev–Trinajstić information content (AvgIpc) is 2.69. The second kappa shape index (κ2) is 4.01. The number of nitrogens with zero attached hydrogens (tertiary/aromatic N) is 2. The number of aliphatic imine (C=N–C) groups is 2. The van der Waals surface area contributed by atoms with E-state index in [0.29, 0.717) is 0 Å². The molecule has 1 atom stereocenters. The van der Waals surface area contributed by atoms with Gasteiger partial charge in [0.1, 0.15) is 6.04 Å². The highest BCUT2D eigenvalue weighted by Crippen LogP contribution is 2.16.